The average Bonchev–Trinajstić information content (AvgIpc) is 2.59. The Morgan fingerprint density at radius 2 is 2.00 bits per heavy atom. The summed E-state index contributed by atoms with van der Waals surface area (Å²) >= 11 is 3.34. The predicted octanol–water partition coefficient (Wildman–Crippen LogP) is 3.19. The average molecular weight is 332 g/mol. The molecule has 0 saturated carbocycles. The molecule has 0 saturated heterocycles. The monoisotopic (exact) mass is 331 g/mol. The second-order valence-corrected chi connectivity index (χ2v) is 4.76. The second kappa shape index (κ2) is 5.56. The number of aromatic nitrogens is 2. The summed E-state index contributed by atoms with van der Waals surface area (Å²) in [6.07, 6.45) is 0. The van der Waals surface area contributed by atoms with Crippen LogP contribution in [0, 0.1) is 6.92 Å². The molecule has 0 atom stereocenters. The van der Waals surface area contributed by atoms with Crippen molar-refractivity contribution in [2.75, 3.05) is 5.73 Å². The van der Waals surface area contributed by atoms with Gasteiger partial charge < -0.3 is 10.5 Å². The van der Waals surface area contributed by atoms with Crippen LogP contribution in [-0.4, -0.2) is 16.4 Å². The van der Waals surface area contributed by atoms with Gasteiger partial charge in [-0.25, -0.2) is 4.68 Å². The van der Waals surface area contributed by atoms with Crippen molar-refractivity contribution < 1.29 is 13.5 Å². The Kier molecular flexibility index (Phi) is 4.04. The molecule has 0 bridgehead atoms. The van der Waals surface area contributed by atoms with Crippen LogP contribution in [0.2, 0.25) is 0 Å². The number of nitrogens with two attached hydrogens (primary N) is 1. The van der Waals surface area contributed by atoms with Crippen LogP contribution < -0.4 is 10.5 Å². The minimum Gasteiger partial charge on any atom is -0.435 e. The van der Waals surface area contributed by atoms with Gasteiger partial charge in [0.2, 0.25) is 0 Å². The molecule has 0 aliphatic carbocycles. The number of anilines is 1. The van der Waals surface area contributed by atoms with E-state index in [1.807, 2.05) is 6.92 Å². The molecule has 1 aromatic carbocycles. The molecule has 0 amide bonds. The van der Waals surface area contributed by atoms with Crippen molar-refractivity contribution >= 4 is 21.7 Å². The first-order chi connectivity index (χ1) is 8.97. The molecule has 2 aromatic rings. The molecule has 4 nitrogen and oxygen atoms in total. The van der Waals surface area contributed by atoms with Gasteiger partial charge in [0, 0.05) is 0 Å². The van der Waals surface area contributed by atoms with E-state index in [0.717, 1.165) is 15.7 Å². The number of ether oxygens (including phenoxy) is 1. The summed E-state index contributed by atoms with van der Waals surface area (Å²) in [7, 11) is 0. The molecular formula is C12H12BrF2N3O. The zero-order valence-electron chi connectivity index (χ0n) is 10.1. The third-order valence-corrected chi connectivity index (χ3v) is 3.55. The highest BCUT2D eigenvalue weighted by molar-refractivity contribution is 9.10. The van der Waals surface area contributed by atoms with Gasteiger partial charge in [0.15, 0.2) is 0 Å². The van der Waals surface area contributed by atoms with E-state index in [9.17, 15) is 8.78 Å². The second-order valence-electron chi connectivity index (χ2n) is 3.96. The molecule has 1 aromatic heterocycles. The van der Waals surface area contributed by atoms with Gasteiger partial charge >= 0.3 is 6.61 Å². The fraction of sp³-hybridized carbons (Fsp3) is 0.250. The highest BCUT2D eigenvalue weighted by atomic mass is 79.9. The van der Waals surface area contributed by atoms with E-state index in [1.165, 1.54) is 12.1 Å². The Morgan fingerprint density at radius 3 is 2.47 bits per heavy atom. The van der Waals surface area contributed by atoms with Gasteiger partial charge in [-0.2, -0.15) is 13.9 Å². The number of rotatable bonds is 4. The van der Waals surface area contributed by atoms with Crippen LogP contribution in [0.25, 0.3) is 0 Å². The van der Waals surface area contributed by atoms with Gasteiger partial charge in [0.25, 0.3) is 0 Å². The number of benzene rings is 1. The fourth-order valence-electron chi connectivity index (χ4n) is 1.65. The maximum absolute atomic E-state index is 12.0. The summed E-state index contributed by atoms with van der Waals surface area (Å²) in [6, 6.07) is 6.37. The molecule has 0 radical (unpaired) electrons. The first-order valence-corrected chi connectivity index (χ1v) is 6.29. The smallest absolute Gasteiger partial charge is 0.387 e. The van der Waals surface area contributed by atoms with Crippen molar-refractivity contribution in [3.63, 3.8) is 0 Å². The summed E-state index contributed by atoms with van der Waals surface area (Å²) < 4.78 is 30.7. The van der Waals surface area contributed by atoms with Crippen LogP contribution in [0.15, 0.2) is 28.7 Å². The lowest BCUT2D eigenvalue weighted by Gasteiger charge is -2.07. The minimum absolute atomic E-state index is 0.129. The van der Waals surface area contributed by atoms with Gasteiger partial charge in [-0.05, 0) is 40.5 Å². The molecular weight excluding hydrogens is 320 g/mol. The molecule has 2 rings (SSSR count). The van der Waals surface area contributed by atoms with E-state index < -0.39 is 6.61 Å². The molecule has 2 N–H and O–H groups in total. The molecule has 0 aliphatic heterocycles. The number of hydrogen-bond acceptors (Lipinski definition) is 3. The SMILES string of the molecule is Cc1nn(Cc2ccc(OC(F)F)cc2)c(N)c1Br. The molecule has 0 aliphatic rings. The number of aryl methyl sites for hydroxylation is 1. The lowest BCUT2D eigenvalue weighted by atomic mass is 10.2. The summed E-state index contributed by atoms with van der Waals surface area (Å²) in [5, 5.41) is 4.27. The number of nitrogens with zero attached hydrogens (tertiary/aromatic N) is 2. The standard InChI is InChI=1S/C12H12BrF2N3O/c1-7-10(13)11(16)18(17-7)6-8-2-4-9(5-3-8)19-12(14)15/h2-5,12H,6,16H2,1H3. The molecule has 102 valence electrons. The molecule has 7 heteroatoms. The van der Waals surface area contributed by atoms with E-state index in [4.69, 9.17) is 5.73 Å². The summed E-state index contributed by atoms with van der Waals surface area (Å²) in [5.41, 5.74) is 7.57. The fourth-order valence-corrected chi connectivity index (χ4v) is 1.93. The normalized spacial score (nSPS) is 11.0. The lowest BCUT2D eigenvalue weighted by molar-refractivity contribution is -0.0498. The Bertz CT molecular complexity index is 569. The first kappa shape index (κ1) is 13.8. The third kappa shape index (κ3) is 3.23. The van der Waals surface area contributed by atoms with Crippen LogP contribution in [0.3, 0.4) is 0 Å². The maximum atomic E-state index is 12.0. The zero-order chi connectivity index (χ0) is 14.0. The zero-order valence-corrected chi connectivity index (χ0v) is 11.7. The lowest BCUT2D eigenvalue weighted by Crippen LogP contribution is -2.06. The van der Waals surface area contributed by atoms with E-state index in [2.05, 4.69) is 25.8 Å². The minimum atomic E-state index is -2.81. The van der Waals surface area contributed by atoms with Crippen LogP contribution >= 0.6 is 15.9 Å². The quantitative estimate of drug-likeness (QED) is 0.936. The Hall–Kier alpha value is -1.63. The molecule has 0 fully saturated rings. The van der Waals surface area contributed by atoms with Crippen LogP contribution in [0.5, 0.6) is 5.75 Å². The van der Waals surface area contributed by atoms with E-state index in [1.54, 1.807) is 16.8 Å². The Labute approximate surface area is 117 Å². The van der Waals surface area contributed by atoms with Crippen molar-refractivity contribution in [3.8, 4) is 5.75 Å². The van der Waals surface area contributed by atoms with Gasteiger partial charge in [-0.3, -0.25) is 0 Å². The van der Waals surface area contributed by atoms with E-state index >= 15 is 0 Å². The molecule has 0 spiro atoms. The van der Waals surface area contributed by atoms with Gasteiger partial charge in [0.05, 0.1) is 16.7 Å². The Morgan fingerprint density at radius 1 is 1.37 bits per heavy atom. The van der Waals surface area contributed by atoms with E-state index in [-0.39, 0.29) is 5.75 Å². The van der Waals surface area contributed by atoms with Crippen molar-refractivity contribution in [1.29, 1.82) is 0 Å². The number of alkyl halides is 2. The molecule has 19 heavy (non-hydrogen) atoms. The summed E-state index contributed by atoms with van der Waals surface area (Å²) in [6.45, 7) is -0.504. The maximum Gasteiger partial charge on any atom is 0.387 e. The predicted molar refractivity (Wildman–Crippen MR) is 71.3 cm³/mol. The summed E-state index contributed by atoms with van der Waals surface area (Å²) in [4.78, 5) is 0. The summed E-state index contributed by atoms with van der Waals surface area (Å²) in [5.74, 6) is 0.662. The van der Waals surface area contributed by atoms with Gasteiger partial charge in [0.1, 0.15) is 11.6 Å². The van der Waals surface area contributed by atoms with Crippen LogP contribution in [0.4, 0.5) is 14.6 Å². The van der Waals surface area contributed by atoms with Crippen LogP contribution in [0.1, 0.15) is 11.3 Å². The first-order valence-electron chi connectivity index (χ1n) is 5.49. The topological polar surface area (TPSA) is 53.1 Å². The highest BCUT2D eigenvalue weighted by Gasteiger charge is 2.10. The van der Waals surface area contributed by atoms with Gasteiger partial charge in [-0.15, -0.1) is 0 Å². The molecule has 1 heterocycles. The number of hydrogen-bond donors (Lipinski definition) is 1. The number of halogens is 3. The Balaban J connectivity index is 2.13. The largest absolute Gasteiger partial charge is 0.435 e. The molecule has 0 unspecified atom stereocenters. The van der Waals surface area contributed by atoms with Crippen molar-refractivity contribution in [3.05, 3.63) is 40.0 Å². The third-order valence-electron chi connectivity index (χ3n) is 2.57. The van der Waals surface area contributed by atoms with Crippen molar-refractivity contribution in [1.82, 2.24) is 9.78 Å². The van der Waals surface area contributed by atoms with E-state index in [0.29, 0.717) is 12.4 Å². The van der Waals surface area contributed by atoms with Crippen molar-refractivity contribution in [2.45, 2.75) is 20.1 Å². The highest BCUT2D eigenvalue weighted by Crippen LogP contribution is 2.24. The van der Waals surface area contributed by atoms with Gasteiger partial charge in [-0.1, -0.05) is 12.1 Å². The van der Waals surface area contributed by atoms with Crippen molar-refractivity contribution in [2.24, 2.45) is 0 Å². The van der Waals surface area contributed by atoms with Crippen LogP contribution in [-0.2, 0) is 6.54 Å². The number of nitrogen functional groups attached to an aromatic ring is 1.